The maximum absolute atomic E-state index is 13.6. The number of pyridine rings is 2. The third kappa shape index (κ3) is 3.14. The first-order valence-electron chi connectivity index (χ1n) is 6.33. The Bertz CT molecular complexity index is 1000. The van der Waals surface area contributed by atoms with Crippen molar-refractivity contribution in [2.45, 2.75) is 5.03 Å². The van der Waals surface area contributed by atoms with E-state index in [1.807, 2.05) is 0 Å². The number of benzene rings is 1. The first-order chi connectivity index (χ1) is 11.8. The molecular formula is C14H4ClF5N2O2S. The molecule has 1 aromatic carbocycles. The van der Waals surface area contributed by atoms with Crippen LogP contribution in [0, 0.1) is 29.1 Å². The number of halogens is 6. The topological polar surface area (TPSA) is 52.1 Å². The molecule has 2 aromatic heterocycles. The molecule has 0 radical (unpaired) electrons. The molecule has 0 aliphatic carbocycles. The molecule has 0 spiro atoms. The van der Waals surface area contributed by atoms with Crippen LogP contribution in [-0.2, 0) is 11.1 Å². The Morgan fingerprint density at radius 2 is 1.56 bits per heavy atom. The van der Waals surface area contributed by atoms with Gasteiger partial charge in [-0.2, -0.15) is 8.78 Å². The minimum absolute atomic E-state index is 0.0867. The summed E-state index contributed by atoms with van der Waals surface area (Å²) in [6, 6.07) is 3.93. The molecule has 11 heteroatoms. The van der Waals surface area contributed by atoms with Crippen LogP contribution in [0.15, 0.2) is 29.4 Å². The van der Waals surface area contributed by atoms with Gasteiger partial charge in [0.05, 0.1) is 5.52 Å². The highest BCUT2D eigenvalue weighted by Crippen LogP contribution is 2.30. The molecule has 3 aromatic rings. The fourth-order valence-electron chi connectivity index (χ4n) is 1.84. The minimum Gasteiger partial charge on any atom is -0.389 e. The number of nitrogens with zero attached hydrogens (tertiary/aromatic N) is 2. The zero-order chi connectivity index (χ0) is 18.3. The Morgan fingerprint density at radius 3 is 2.20 bits per heavy atom. The molecule has 4 nitrogen and oxygen atoms in total. The zero-order valence-electron chi connectivity index (χ0n) is 11.7. The van der Waals surface area contributed by atoms with Gasteiger partial charge in [-0.3, -0.25) is 0 Å². The van der Waals surface area contributed by atoms with Gasteiger partial charge in [-0.25, -0.2) is 27.3 Å². The minimum atomic E-state index is -2.65. The Balaban J connectivity index is 2.01. The Labute approximate surface area is 143 Å². The monoisotopic (exact) mass is 394 g/mol. The van der Waals surface area contributed by atoms with Gasteiger partial charge >= 0.3 is 0 Å². The molecule has 0 saturated heterocycles. The maximum Gasteiger partial charge on any atom is 0.260 e. The van der Waals surface area contributed by atoms with Crippen molar-refractivity contribution < 1.29 is 30.3 Å². The Kier molecular flexibility index (Phi) is 4.56. The van der Waals surface area contributed by atoms with E-state index in [9.17, 15) is 26.2 Å². The summed E-state index contributed by atoms with van der Waals surface area (Å²) >= 11 is 3.04. The number of fused-ring (bicyclic) bond motifs is 1. The fraction of sp³-hybridized carbons (Fsp3) is 0. The van der Waals surface area contributed by atoms with Crippen molar-refractivity contribution in [1.82, 2.24) is 9.97 Å². The second-order valence-corrected chi connectivity index (χ2v) is 6.01. The molecule has 0 aliphatic rings. The van der Waals surface area contributed by atoms with Gasteiger partial charge in [-0.15, -0.1) is 0 Å². The normalized spacial score (nSPS) is 12.4. The van der Waals surface area contributed by atoms with Crippen LogP contribution in [0.1, 0.15) is 0 Å². The van der Waals surface area contributed by atoms with Gasteiger partial charge < -0.3 is 4.18 Å². The van der Waals surface area contributed by atoms with Gasteiger partial charge in [0.1, 0.15) is 5.15 Å². The predicted molar refractivity (Wildman–Crippen MR) is 77.8 cm³/mol. The van der Waals surface area contributed by atoms with E-state index in [2.05, 4.69) is 14.2 Å². The molecule has 1 unspecified atom stereocenters. The van der Waals surface area contributed by atoms with E-state index < -0.39 is 45.9 Å². The Morgan fingerprint density at radius 1 is 0.960 bits per heavy atom. The largest absolute Gasteiger partial charge is 0.389 e. The van der Waals surface area contributed by atoms with Gasteiger partial charge in [0.2, 0.25) is 34.8 Å². The standard InChI is InChI=1S/C14H4ClF5N2O2S/c15-7-3-6-5(4-21-7)1-2-8(22-6)25(23)24-14-12(19)10(17)9(16)11(18)13(14)20/h1-4H. The van der Waals surface area contributed by atoms with E-state index in [0.717, 1.165) is 0 Å². The molecule has 1 atom stereocenters. The molecule has 0 bridgehead atoms. The molecule has 130 valence electrons. The average molecular weight is 395 g/mol. The number of hydrogen-bond acceptors (Lipinski definition) is 4. The maximum atomic E-state index is 13.6. The smallest absolute Gasteiger partial charge is 0.260 e. The lowest BCUT2D eigenvalue weighted by atomic mass is 10.3. The van der Waals surface area contributed by atoms with Crippen LogP contribution >= 0.6 is 11.6 Å². The fourth-order valence-corrected chi connectivity index (χ4v) is 2.73. The van der Waals surface area contributed by atoms with E-state index in [1.54, 1.807) is 0 Å². The summed E-state index contributed by atoms with van der Waals surface area (Å²) in [5.74, 6) is -12.9. The van der Waals surface area contributed by atoms with Crippen LogP contribution in [0.25, 0.3) is 10.9 Å². The number of rotatable bonds is 3. The quantitative estimate of drug-likeness (QED) is 0.291. The van der Waals surface area contributed by atoms with Crippen LogP contribution in [0.4, 0.5) is 22.0 Å². The third-order valence-corrected chi connectivity index (χ3v) is 4.11. The van der Waals surface area contributed by atoms with Gasteiger partial charge in [-0.05, 0) is 12.1 Å². The molecule has 3 rings (SSSR count). The first kappa shape index (κ1) is 17.5. The molecule has 0 aliphatic heterocycles. The second-order valence-electron chi connectivity index (χ2n) is 4.57. The van der Waals surface area contributed by atoms with E-state index in [0.29, 0.717) is 5.39 Å². The second kappa shape index (κ2) is 6.52. The third-order valence-electron chi connectivity index (χ3n) is 3.01. The molecule has 0 amide bonds. The lowest BCUT2D eigenvalue weighted by molar-refractivity contribution is 0.352. The van der Waals surface area contributed by atoms with Crippen LogP contribution in [0.3, 0.4) is 0 Å². The van der Waals surface area contributed by atoms with Gasteiger partial charge in [0, 0.05) is 17.6 Å². The van der Waals surface area contributed by atoms with Gasteiger partial charge in [-0.1, -0.05) is 11.6 Å². The SMILES string of the molecule is O=S(Oc1c(F)c(F)c(F)c(F)c1F)c1ccc2cnc(Cl)cc2n1. The van der Waals surface area contributed by atoms with Crippen molar-refractivity contribution in [3.8, 4) is 5.75 Å². The van der Waals surface area contributed by atoms with E-state index in [1.165, 1.54) is 24.4 Å². The van der Waals surface area contributed by atoms with Gasteiger partial charge in [0.15, 0.2) is 5.03 Å². The summed E-state index contributed by atoms with van der Waals surface area (Å²) < 4.78 is 82.8. The van der Waals surface area contributed by atoms with Gasteiger partial charge in [0.25, 0.3) is 11.1 Å². The van der Waals surface area contributed by atoms with Crippen molar-refractivity contribution >= 4 is 33.6 Å². The highest BCUT2D eigenvalue weighted by Gasteiger charge is 2.29. The van der Waals surface area contributed by atoms with Crippen molar-refractivity contribution in [3.05, 3.63) is 58.6 Å². The Hall–Kier alpha value is -2.33. The average Bonchev–Trinajstić information content (AvgIpc) is 2.61. The highest BCUT2D eigenvalue weighted by atomic mass is 35.5. The van der Waals surface area contributed by atoms with Crippen molar-refractivity contribution in [2.75, 3.05) is 0 Å². The molecule has 0 saturated carbocycles. The molecule has 2 heterocycles. The molecule has 25 heavy (non-hydrogen) atoms. The molecular weight excluding hydrogens is 391 g/mol. The molecule has 0 N–H and O–H groups in total. The van der Waals surface area contributed by atoms with E-state index >= 15 is 0 Å². The first-order valence-corrected chi connectivity index (χ1v) is 7.78. The van der Waals surface area contributed by atoms with Crippen LogP contribution < -0.4 is 4.18 Å². The summed E-state index contributed by atoms with van der Waals surface area (Å²) in [6.45, 7) is 0. The zero-order valence-corrected chi connectivity index (χ0v) is 13.3. The summed E-state index contributed by atoms with van der Waals surface area (Å²) in [4.78, 5) is 7.70. The highest BCUT2D eigenvalue weighted by molar-refractivity contribution is 7.80. The van der Waals surface area contributed by atoms with Crippen LogP contribution in [-0.4, -0.2) is 14.2 Å². The van der Waals surface area contributed by atoms with Crippen molar-refractivity contribution in [2.24, 2.45) is 0 Å². The summed E-state index contributed by atoms with van der Waals surface area (Å²) in [5.41, 5.74) is 0.242. The summed E-state index contributed by atoms with van der Waals surface area (Å²) in [6.07, 6.45) is 1.38. The predicted octanol–water partition coefficient (Wildman–Crippen LogP) is 4.08. The van der Waals surface area contributed by atoms with Crippen LogP contribution in [0.5, 0.6) is 5.75 Å². The van der Waals surface area contributed by atoms with Crippen molar-refractivity contribution in [3.63, 3.8) is 0 Å². The lowest BCUT2D eigenvalue weighted by Gasteiger charge is -2.09. The summed E-state index contributed by atoms with van der Waals surface area (Å²) in [5, 5.41) is 0.281. The summed E-state index contributed by atoms with van der Waals surface area (Å²) in [7, 11) is 0. The number of aromatic nitrogens is 2. The van der Waals surface area contributed by atoms with Crippen molar-refractivity contribution in [1.29, 1.82) is 0 Å². The number of hydrogen-bond donors (Lipinski definition) is 0. The van der Waals surface area contributed by atoms with E-state index in [4.69, 9.17) is 11.6 Å². The lowest BCUT2D eigenvalue weighted by Crippen LogP contribution is -2.10. The molecule has 0 fully saturated rings. The van der Waals surface area contributed by atoms with E-state index in [-0.39, 0.29) is 15.7 Å². The van der Waals surface area contributed by atoms with Crippen LogP contribution in [0.2, 0.25) is 5.15 Å².